The first-order chi connectivity index (χ1) is 12.9. The number of rotatable bonds is 9. The van der Waals surface area contributed by atoms with Crippen LogP contribution in [0.5, 0.6) is 0 Å². The number of H-pyrrole nitrogens is 1. The Bertz CT molecular complexity index is 894. The minimum absolute atomic E-state index is 0.00241. The van der Waals surface area contributed by atoms with Gasteiger partial charge in [0.15, 0.2) is 11.4 Å². The number of carbonyl (C=O) groups excluding carboxylic acids is 1. The molecule has 2 aromatic rings. The monoisotopic (exact) mass is 376 g/mol. The molecule has 148 valence electrons. The van der Waals surface area contributed by atoms with Crippen molar-refractivity contribution in [1.29, 1.82) is 0 Å². The van der Waals surface area contributed by atoms with Gasteiger partial charge in [-0.3, -0.25) is 24.0 Å². The summed E-state index contributed by atoms with van der Waals surface area (Å²) in [6, 6.07) is 1.69. The molecule has 0 fully saturated rings. The van der Waals surface area contributed by atoms with Crippen LogP contribution in [-0.2, 0) is 6.54 Å². The van der Waals surface area contributed by atoms with Gasteiger partial charge in [-0.25, -0.2) is 4.79 Å². The summed E-state index contributed by atoms with van der Waals surface area (Å²) >= 11 is 0. The van der Waals surface area contributed by atoms with E-state index in [1.54, 1.807) is 13.0 Å². The fourth-order valence-electron chi connectivity index (χ4n) is 2.93. The van der Waals surface area contributed by atoms with Gasteiger partial charge in [0.2, 0.25) is 0 Å². The molecule has 0 aliphatic rings. The van der Waals surface area contributed by atoms with E-state index in [4.69, 9.17) is 10.2 Å². The molecule has 0 saturated heterocycles. The highest BCUT2D eigenvalue weighted by Crippen LogP contribution is 2.22. The van der Waals surface area contributed by atoms with Crippen molar-refractivity contribution in [1.82, 2.24) is 9.55 Å². The standard InChI is InChI=1S/C19H28N4O4/c1-4-6-8-11-22(18(25)15-13(3)9-12-27-15)14-16(20)23(10-7-5-2)19(26)21-17(14)24/h9,12H,4-8,10-11,20H2,1-3H3,(H,21,24,26). The van der Waals surface area contributed by atoms with E-state index in [9.17, 15) is 14.4 Å². The average Bonchev–Trinajstić information content (AvgIpc) is 3.05. The van der Waals surface area contributed by atoms with Crippen molar-refractivity contribution < 1.29 is 9.21 Å². The average molecular weight is 376 g/mol. The molecule has 2 rings (SSSR count). The number of hydrogen-bond acceptors (Lipinski definition) is 5. The number of nitrogens with two attached hydrogens (primary N) is 1. The second-order valence-corrected chi connectivity index (χ2v) is 6.59. The summed E-state index contributed by atoms with van der Waals surface area (Å²) in [5.41, 5.74) is 5.62. The molecule has 1 amide bonds. The molecule has 0 spiro atoms. The van der Waals surface area contributed by atoms with Gasteiger partial charge in [-0.15, -0.1) is 0 Å². The second kappa shape index (κ2) is 9.25. The molecule has 0 bridgehead atoms. The zero-order valence-corrected chi connectivity index (χ0v) is 16.2. The molecule has 0 aliphatic heterocycles. The number of nitrogens with one attached hydrogen (secondary N) is 1. The van der Waals surface area contributed by atoms with Crippen molar-refractivity contribution in [2.45, 2.75) is 59.4 Å². The number of aromatic amines is 1. The molecule has 8 nitrogen and oxygen atoms in total. The van der Waals surface area contributed by atoms with E-state index in [1.165, 1.54) is 15.7 Å². The summed E-state index contributed by atoms with van der Waals surface area (Å²) in [5, 5.41) is 0. The molecule has 0 aromatic carbocycles. The fourth-order valence-corrected chi connectivity index (χ4v) is 2.93. The molecule has 2 heterocycles. The number of hydrogen-bond donors (Lipinski definition) is 2. The highest BCUT2D eigenvalue weighted by Gasteiger charge is 2.27. The Morgan fingerprint density at radius 1 is 1.22 bits per heavy atom. The number of nitrogens with zero attached hydrogens (tertiary/aromatic N) is 2. The number of carbonyl (C=O) groups is 1. The summed E-state index contributed by atoms with van der Waals surface area (Å²) in [4.78, 5) is 41.4. The summed E-state index contributed by atoms with van der Waals surface area (Å²) in [7, 11) is 0. The van der Waals surface area contributed by atoms with Crippen molar-refractivity contribution in [3.05, 3.63) is 44.5 Å². The van der Waals surface area contributed by atoms with Crippen LogP contribution in [0.4, 0.5) is 11.5 Å². The molecule has 3 N–H and O–H groups in total. The van der Waals surface area contributed by atoms with Crippen LogP contribution >= 0.6 is 0 Å². The molecule has 8 heteroatoms. The van der Waals surface area contributed by atoms with Crippen LogP contribution in [0.1, 0.15) is 62.1 Å². The topological polar surface area (TPSA) is 114 Å². The number of anilines is 2. The molecule has 0 saturated carbocycles. The molecule has 0 radical (unpaired) electrons. The van der Waals surface area contributed by atoms with Gasteiger partial charge in [-0.05, 0) is 25.8 Å². The molecular weight excluding hydrogens is 348 g/mol. The van der Waals surface area contributed by atoms with Crippen molar-refractivity contribution >= 4 is 17.4 Å². The van der Waals surface area contributed by atoms with Gasteiger partial charge in [0.1, 0.15) is 5.82 Å². The van der Waals surface area contributed by atoms with Gasteiger partial charge in [0, 0.05) is 18.7 Å². The zero-order chi connectivity index (χ0) is 20.0. The lowest BCUT2D eigenvalue weighted by Gasteiger charge is -2.24. The van der Waals surface area contributed by atoms with E-state index < -0.39 is 17.2 Å². The quantitative estimate of drug-likeness (QED) is 0.653. The van der Waals surface area contributed by atoms with Gasteiger partial charge in [-0.2, -0.15) is 0 Å². The van der Waals surface area contributed by atoms with E-state index >= 15 is 0 Å². The first-order valence-corrected chi connectivity index (χ1v) is 9.40. The Hall–Kier alpha value is -2.77. The van der Waals surface area contributed by atoms with Crippen LogP contribution in [0.15, 0.2) is 26.3 Å². The lowest BCUT2D eigenvalue weighted by molar-refractivity contribution is 0.0958. The number of nitrogen functional groups attached to an aromatic ring is 1. The third-order valence-electron chi connectivity index (χ3n) is 4.51. The molecule has 2 aromatic heterocycles. The number of aromatic nitrogens is 2. The summed E-state index contributed by atoms with van der Waals surface area (Å²) in [6.45, 7) is 6.49. The van der Waals surface area contributed by atoms with Crippen molar-refractivity contribution in [2.24, 2.45) is 0 Å². The Morgan fingerprint density at radius 3 is 2.52 bits per heavy atom. The van der Waals surface area contributed by atoms with Gasteiger partial charge >= 0.3 is 5.69 Å². The van der Waals surface area contributed by atoms with Crippen molar-refractivity contribution in [2.75, 3.05) is 17.2 Å². The van der Waals surface area contributed by atoms with Crippen molar-refractivity contribution in [3.8, 4) is 0 Å². The van der Waals surface area contributed by atoms with E-state index in [1.807, 2.05) is 6.92 Å². The van der Waals surface area contributed by atoms with Crippen LogP contribution in [0, 0.1) is 6.92 Å². The highest BCUT2D eigenvalue weighted by atomic mass is 16.3. The van der Waals surface area contributed by atoms with Gasteiger partial charge < -0.3 is 10.2 Å². The Morgan fingerprint density at radius 2 is 1.93 bits per heavy atom. The van der Waals surface area contributed by atoms with Crippen molar-refractivity contribution in [3.63, 3.8) is 0 Å². The molecular formula is C19H28N4O4. The minimum atomic E-state index is -0.667. The van der Waals surface area contributed by atoms with Crippen LogP contribution < -0.4 is 21.9 Å². The fraction of sp³-hybridized carbons (Fsp3) is 0.526. The molecule has 0 atom stereocenters. The molecule has 27 heavy (non-hydrogen) atoms. The summed E-state index contributed by atoms with van der Waals surface area (Å²) in [6.07, 6.45) is 5.59. The lowest BCUT2D eigenvalue weighted by atomic mass is 10.2. The number of furan rings is 1. The van der Waals surface area contributed by atoms with Gasteiger partial charge in [-0.1, -0.05) is 33.1 Å². The first kappa shape index (κ1) is 20.5. The predicted molar refractivity (Wildman–Crippen MR) is 105 cm³/mol. The number of amides is 1. The Labute approximate surface area is 158 Å². The largest absolute Gasteiger partial charge is 0.459 e. The second-order valence-electron chi connectivity index (χ2n) is 6.59. The zero-order valence-electron chi connectivity index (χ0n) is 16.2. The third kappa shape index (κ3) is 4.50. The third-order valence-corrected chi connectivity index (χ3v) is 4.51. The van der Waals surface area contributed by atoms with Crippen LogP contribution in [0.3, 0.4) is 0 Å². The SMILES string of the molecule is CCCCCN(C(=O)c1occc1C)c1c(N)n(CCCC)c(=O)[nH]c1=O. The maximum absolute atomic E-state index is 13.1. The Balaban J connectivity index is 2.54. The van der Waals surface area contributed by atoms with Crippen LogP contribution in [0.25, 0.3) is 0 Å². The highest BCUT2D eigenvalue weighted by molar-refractivity contribution is 6.06. The van der Waals surface area contributed by atoms with Crippen LogP contribution in [0.2, 0.25) is 0 Å². The molecule has 0 aliphatic carbocycles. The first-order valence-electron chi connectivity index (χ1n) is 9.40. The normalized spacial score (nSPS) is 10.9. The van der Waals surface area contributed by atoms with E-state index in [0.717, 1.165) is 25.7 Å². The molecule has 0 unspecified atom stereocenters. The smallest absolute Gasteiger partial charge is 0.330 e. The summed E-state index contributed by atoms with van der Waals surface area (Å²) < 4.78 is 6.64. The number of aryl methyl sites for hydroxylation is 1. The Kier molecular flexibility index (Phi) is 7.04. The van der Waals surface area contributed by atoms with E-state index in [0.29, 0.717) is 25.1 Å². The maximum Gasteiger partial charge on any atom is 0.330 e. The van der Waals surface area contributed by atoms with E-state index in [-0.39, 0.29) is 17.3 Å². The lowest BCUT2D eigenvalue weighted by Crippen LogP contribution is -2.41. The maximum atomic E-state index is 13.1. The minimum Gasteiger partial charge on any atom is -0.459 e. The van der Waals surface area contributed by atoms with Crippen LogP contribution in [-0.4, -0.2) is 22.0 Å². The van der Waals surface area contributed by atoms with E-state index in [2.05, 4.69) is 11.9 Å². The van der Waals surface area contributed by atoms with Gasteiger partial charge in [0.05, 0.1) is 6.26 Å². The number of unbranched alkanes of at least 4 members (excludes halogenated alkanes) is 3. The van der Waals surface area contributed by atoms with Gasteiger partial charge in [0.25, 0.3) is 11.5 Å². The predicted octanol–water partition coefficient (Wildman–Crippen LogP) is 2.66. The summed E-state index contributed by atoms with van der Waals surface area (Å²) in [5.74, 6) is -0.269.